The molecule has 1 saturated carbocycles. The number of aliphatic imine (C=N–C) groups is 1. The van der Waals surface area contributed by atoms with E-state index in [1.54, 1.807) is 18.2 Å². The number of nitrogens with one attached hydrogen (secondary N) is 2. The SMILES string of the molecule is CN=C(NCC1C2Cc3ccccc3C12)NCC(C)(C)OC. The monoisotopic (exact) mass is 301 g/mol. The predicted molar refractivity (Wildman–Crippen MR) is 90.3 cm³/mol. The van der Waals surface area contributed by atoms with Crippen molar-refractivity contribution in [2.75, 3.05) is 27.2 Å². The Morgan fingerprint density at radius 1 is 1.32 bits per heavy atom. The van der Waals surface area contributed by atoms with Gasteiger partial charge in [0.15, 0.2) is 5.96 Å². The molecule has 0 amide bonds. The van der Waals surface area contributed by atoms with Gasteiger partial charge in [0.05, 0.1) is 5.60 Å². The molecular weight excluding hydrogens is 274 g/mol. The minimum Gasteiger partial charge on any atom is -0.377 e. The fourth-order valence-corrected chi connectivity index (χ4v) is 3.57. The van der Waals surface area contributed by atoms with E-state index in [9.17, 15) is 0 Å². The smallest absolute Gasteiger partial charge is 0.191 e. The van der Waals surface area contributed by atoms with Crippen LogP contribution in [-0.4, -0.2) is 38.8 Å². The minimum atomic E-state index is -0.188. The molecular formula is C18H27N3O. The fourth-order valence-electron chi connectivity index (χ4n) is 3.57. The Morgan fingerprint density at radius 3 is 2.82 bits per heavy atom. The van der Waals surface area contributed by atoms with Gasteiger partial charge in [0, 0.05) is 27.2 Å². The highest BCUT2D eigenvalue weighted by Gasteiger charge is 2.54. The van der Waals surface area contributed by atoms with Crippen LogP contribution in [0.3, 0.4) is 0 Å². The molecule has 1 aromatic rings. The number of fused-ring (bicyclic) bond motifs is 3. The zero-order valence-electron chi connectivity index (χ0n) is 14.0. The standard InChI is InChI=1S/C18H27N3O/c1-18(2,22-4)11-21-17(19-3)20-10-15-14-9-12-7-5-6-8-13(12)16(14)15/h5-8,14-16H,9-11H2,1-4H3,(H2,19,20,21). The largest absolute Gasteiger partial charge is 0.377 e. The average molecular weight is 301 g/mol. The van der Waals surface area contributed by atoms with Crippen molar-refractivity contribution < 1.29 is 4.74 Å². The lowest BCUT2D eigenvalue weighted by Crippen LogP contribution is -2.45. The van der Waals surface area contributed by atoms with Crippen LogP contribution in [0.2, 0.25) is 0 Å². The molecule has 4 nitrogen and oxygen atoms in total. The molecule has 3 atom stereocenters. The summed E-state index contributed by atoms with van der Waals surface area (Å²) in [6.45, 7) is 5.87. The number of nitrogens with zero attached hydrogens (tertiary/aromatic N) is 1. The van der Waals surface area contributed by atoms with Crippen LogP contribution in [0, 0.1) is 11.8 Å². The molecule has 1 aromatic carbocycles. The van der Waals surface area contributed by atoms with Gasteiger partial charge in [-0.05, 0) is 49.1 Å². The Bertz CT molecular complexity index is 567. The maximum Gasteiger partial charge on any atom is 0.191 e. The van der Waals surface area contributed by atoms with E-state index in [0.717, 1.165) is 36.8 Å². The summed E-state index contributed by atoms with van der Waals surface area (Å²) >= 11 is 0. The van der Waals surface area contributed by atoms with Crippen molar-refractivity contribution in [2.45, 2.75) is 31.8 Å². The van der Waals surface area contributed by atoms with Gasteiger partial charge in [0.1, 0.15) is 0 Å². The Labute approximate surface area is 133 Å². The molecule has 120 valence electrons. The van der Waals surface area contributed by atoms with E-state index in [-0.39, 0.29) is 5.60 Å². The molecule has 2 aliphatic carbocycles. The topological polar surface area (TPSA) is 45.7 Å². The lowest BCUT2D eigenvalue weighted by molar-refractivity contribution is 0.0268. The van der Waals surface area contributed by atoms with Crippen LogP contribution in [0.1, 0.15) is 30.9 Å². The van der Waals surface area contributed by atoms with Gasteiger partial charge in [-0.2, -0.15) is 0 Å². The highest BCUT2D eigenvalue weighted by atomic mass is 16.5. The fraction of sp³-hybridized carbons (Fsp3) is 0.611. The normalized spacial score (nSPS) is 26.4. The van der Waals surface area contributed by atoms with Gasteiger partial charge in [-0.3, -0.25) is 4.99 Å². The van der Waals surface area contributed by atoms with Crippen LogP contribution >= 0.6 is 0 Å². The predicted octanol–water partition coefficient (Wildman–Crippen LogP) is 2.16. The number of methoxy groups -OCH3 is 1. The van der Waals surface area contributed by atoms with Gasteiger partial charge in [-0.25, -0.2) is 0 Å². The molecule has 0 bridgehead atoms. The zero-order valence-corrected chi connectivity index (χ0v) is 14.0. The van der Waals surface area contributed by atoms with Gasteiger partial charge in [0.25, 0.3) is 0 Å². The zero-order chi connectivity index (χ0) is 15.7. The molecule has 0 saturated heterocycles. The van der Waals surface area contributed by atoms with E-state index in [1.807, 2.05) is 7.05 Å². The molecule has 0 spiro atoms. The minimum absolute atomic E-state index is 0.188. The second kappa shape index (κ2) is 5.92. The van der Waals surface area contributed by atoms with Crippen molar-refractivity contribution in [3.8, 4) is 0 Å². The lowest BCUT2D eigenvalue weighted by Gasteiger charge is -2.24. The molecule has 2 N–H and O–H groups in total. The van der Waals surface area contributed by atoms with Gasteiger partial charge in [-0.15, -0.1) is 0 Å². The van der Waals surface area contributed by atoms with Crippen LogP contribution in [0.15, 0.2) is 29.3 Å². The third-order valence-corrected chi connectivity index (χ3v) is 5.16. The summed E-state index contributed by atoms with van der Waals surface area (Å²) in [5.74, 6) is 3.21. The second-order valence-electron chi connectivity index (χ2n) is 7.03. The van der Waals surface area contributed by atoms with E-state index >= 15 is 0 Å². The van der Waals surface area contributed by atoms with Crippen molar-refractivity contribution in [3.05, 3.63) is 35.4 Å². The van der Waals surface area contributed by atoms with E-state index in [0.29, 0.717) is 0 Å². The number of benzene rings is 1. The van der Waals surface area contributed by atoms with Crippen molar-refractivity contribution in [2.24, 2.45) is 16.8 Å². The number of hydrogen-bond acceptors (Lipinski definition) is 2. The van der Waals surface area contributed by atoms with Gasteiger partial charge < -0.3 is 15.4 Å². The van der Waals surface area contributed by atoms with Crippen molar-refractivity contribution in [1.82, 2.24) is 10.6 Å². The first-order valence-corrected chi connectivity index (χ1v) is 8.13. The number of rotatable bonds is 5. The highest BCUT2D eigenvalue weighted by Crippen LogP contribution is 2.60. The summed E-state index contributed by atoms with van der Waals surface area (Å²) in [7, 11) is 3.55. The second-order valence-corrected chi connectivity index (χ2v) is 7.03. The van der Waals surface area contributed by atoms with Crippen LogP contribution in [0.25, 0.3) is 0 Å². The molecule has 3 rings (SSSR count). The lowest BCUT2D eigenvalue weighted by atomic mass is 10.0. The number of ether oxygens (including phenoxy) is 1. The van der Waals surface area contributed by atoms with Crippen molar-refractivity contribution in [1.29, 1.82) is 0 Å². The maximum atomic E-state index is 5.42. The molecule has 0 heterocycles. The van der Waals surface area contributed by atoms with Crippen LogP contribution in [-0.2, 0) is 11.2 Å². The van der Waals surface area contributed by atoms with Crippen molar-refractivity contribution >= 4 is 5.96 Å². The van der Waals surface area contributed by atoms with E-state index < -0.39 is 0 Å². The van der Waals surface area contributed by atoms with Crippen LogP contribution < -0.4 is 10.6 Å². The first kappa shape index (κ1) is 15.3. The molecule has 4 heteroatoms. The van der Waals surface area contributed by atoms with Crippen LogP contribution in [0.4, 0.5) is 0 Å². The van der Waals surface area contributed by atoms with E-state index in [1.165, 1.54) is 6.42 Å². The summed E-state index contributed by atoms with van der Waals surface area (Å²) in [5.41, 5.74) is 2.94. The first-order valence-electron chi connectivity index (χ1n) is 8.13. The summed E-state index contributed by atoms with van der Waals surface area (Å²) in [6.07, 6.45) is 1.25. The molecule has 3 unspecified atom stereocenters. The number of hydrogen-bond donors (Lipinski definition) is 2. The van der Waals surface area contributed by atoms with Gasteiger partial charge in [-0.1, -0.05) is 24.3 Å². The molecule has 2 aliphatic rings. The van der Waals surface area contributed by atoms with E-state index in [4.69, 9.17) is 4.74 Å². The third kappa shape index (κ3) is 2.98. The quantitative estimate of drug-likeness (QED) is 0.647. The number of guanidine groups is 1. The average Bonchev–Trinajstić information content (AvgIpc) is 3.06. The molecule has 0 radical (unpaired) electrons. The Morgan fingerprint density at radius 2 is 2.09 bits per heavy atom. The Balaban J connectivity index is 1.48. The van der Waals surface area contributed by atoms with E-state index in [2.05, 4.69) is 53.7 Å². The molecule has 22 heavy (non-hydrogen) atoms. The Kier molecular flexibility index (Phi) is 4.13. The first-order chi connectivity index (χ1) is 10.6. The summed E-state index contributed by atoms with van der Waals surface area (Å²) in [5, 5.41) is 6.81. The summed E-state index contributed by atoms with van der Waals surface area (Å²) in [4.78, 5) is 4.30. The van der Waals surface area contributed by atoms with Crippen molar-refractivity contribution in [3.63, 3.8) is 0 Å². The molecule has 1 fully saturated rings. The maximum absolute atomic E-state index is 5.42. The Hall–Kier alpha value is -1.55. The van der Waals surface area contributed by atoms with Gasteiger partial charge in [0.2, 0.25) is 0 Å². The third-order valence-electron chi connectivity index (χ3n) is 5.16. The molecule has 0 aromatic heterocycles. The summed E-state index contributed by atoms with van der Waals surface area (Å²) in [6, 6.07) is 8.89. The van der Waals surface area contributed by atoms with Crippen LogP contribution in [0.5, 0.6) is 0 Å². The van der Waals surface area contributed by atoms with Gasteiger partial charge >= 0.3 is 0 Å². The highest BCUT2D eigenvalue weighted by molar-refractivity contribution is 5.79. The summed E-state index contributed by atoms with van der Waals surface area (Å²) < 4.78 is 5.42. The molecule has 0 aliphatic heterocycles.